The minimum absolute atomic E-state index is 0.167. The van der Waals surface area contributed by atoms with Gasteiger partial charge in [-0.1, -0.05) is 28.1 Å². The van der Waals surface area contributed by atoms with Crippen LogP contribution in [0, 0.1) is 0 Å². The molecule has 0 saturated carbocycles. The van der Waals surface area contributed by atoms with Gasteiger partial charge in [-0.2, -0.15) is 0 Å². The summed E-state index contributed by atoms with van der Waals surface area (Å²) in [6, 6.07) is 13.2. The number of nitrogens with one attached hydrogen (secondary N) is 1. The van der Waals surface area contributed by atoms with Crippen molar-refractivity contribution in [2.45, 2.75) is 0 Å². The molecule has 0 aliphatic rings. The minimum Gasteiger partial charge on any atom is -0.321 e. The molecule has 0 radical (unpaired) electrons. The monoisotopic (exact) mass is 404 g/mol. The van der Waals surface area contributed by atoms with E-state index >= 15 is 0 Å². The SMILES string of the molecule is O=C(Nc1cccc2ccncc12)c1cc(Br)ccc1Br. The van der Waals surface area contributed by atoms with Crippen molar-refractivity contribution in [3.8, 4) is 0 Å². The third-order valence-electron chi connectivity index (χ3n) is 3.10. The highest BCUT2D eigenvalue weighted by atomic mass is 79.9. The van der Waals surface area contributed by atoms with E-state index in [4.69, 9.17) is 0 Å². The van der Waals surface area contributed by atoms with Crippen molar-refractivity contribution in [1.82, 2.24) is 4.98 Å². The smallest absolute Gasteiger partial charge is 0.256 e. The Labute approximate surface area is 138 Å². The van der Waals surface area contributed by atoms with Crippen LogP contribution in [0.5, 0.6) is 0 Å². The first-order chi connectivity index (χ1) is 10.1. The number of fused-ring (bicyclic) bond motifs is 1. The van der Waals surface area contributed by atoms with Crippen molar-refractivity contribution in [2.75, 3.05) is 5.32 Å². The van der Waals surface area contributed by atoms with Crippen LogP contribution in [0.4, 0.5) is 5.69 Å². The predicted molar refractivity (Wildman–Crippen MR) is 91.5 cm³/mol. The highest BCUT2D eigenvalue weighted by Gasteiger charge is 2.12. The predicted octanol–water partition coefficient (Wildman–Crippen LogP) is 5.01. The maximum Gasteiger partial charge on any atom is 0.256 e. The van der Waals surface area contributed by atoms with E-state index in [1.165, 1.54) is 0 Å². The third kappa shape index (κ3) is 2.99. The third-order valence-corrected chi connectivity index (χ3v) is 4.29. The Morgan fingerprint density at radius 2 is 1.95 bits per heavy atom. The number of benzene rings is 2. The van der Waals surface area contributed by atoms with Gasteiger partial charge in [-0.15, -0.1) is 0 Å². The second kappa shape index (κ2) is 5.95. The van der Waals surface area contributed by atoms with Crippen LogP contribution in [-0.4, -0.2) is 10.9 Å². The maximum absolute atomic E-state index is 12.4. The number of hydrogen-bond acceptors (Lipinski definition) is 2. The van der Waals surface area contributed by atoms with Crippen LogP contribution in [0.15, 0.2) is 63.8 Å². The summed E-state index contributed by atoms with van der Waals surface area (Å²) in [5.41, 5.74) is 1.32. The molecule has 0 atom stereocenters. The summed E-state index contributed by atoms with van der Waals surface area (Å²) in [5, 5.41) is 4.89. The largest absolute Gasteiger partial charge is 0.321 e. The molecular weight excluding hydrogens is 396 g/mol. The van der Waals surface area contributed by atoms with Gasteiger partial charge < -0.3 is 5.32 Å². The van der Waals surface area contributed by atoms with E-state index in [0.717, 1.165) is 25.4 Å². The zero-order chi connectivity index (χ0) is 14.8. The molecule has 0 saturated heterocycles. The molecule has 5 heteroatoms. The molecule has 1 amide bonds. The first-order valence-corrected chi connectivity index (χ1v) is 7.83. The Balaban J connectivity index is 1.99. The van der Waals surface area contributed by atoms with Crippen LogP contribution in [0.2, 0.25) is 0 Å². The number of nitrogens with zero attached hydrogens (tertiary/aromatic N) is 1. The molecule has 21 heavy (non-hydrogen) atoms. The molecule has 2 aromatic carbocycles. The van der Waals surface area contributed by atoms with Crippen LogP contribution in [0.25, 0.3) is 10.8 Å². The molecule has 1 N–H and O–H groups in total. The Bertz CT molecular complexity index is 828. The van der Waals surface area contributed by atoms with Gasteiger partial charge in [0, 0.05) is 26.7 Å². The second-order valence-corrected chi connectivity index (χ2v) is 6.25. The van der Waals surface area contributed by atoms with Gasteiger partial charge in [0.2, 0.25) is 0 Å². The molecule has 0 aliphatic heterocycles. The summed E-state index contributed by atoms with van der Waals surface area (Å²) >= 11 is 6.78. The van der Waals surface area contributed by atoms with Crippen molar-refractivity contribution in [3.05, 3.63) is 69.4 Å². The Kier molecular flexibility index (Phi) is 4.03. The minimum atomic E-state index is -0.167. The molecule has 3 rings (SSSR count). The second-order valence-electron chi connectivity index (χ2n) is 4.48. The molecule has 1 heterocycles. The molecule has 0 unspecified atom stereocenters. The van der Waals surface area contributed by atoms with Gasteiger partial charge in [0.15, 0.2) is 0 Å². The highest BCUT2D eigenvalue weighted by molar-refractivity contribution is 9.11. The first-order valence-electron chi connectivity index (χ1n) is 6.24. The Morgan fingerprint density at radius 1 is 1.10 bits per heavy atom. The molecule has 3 aromatic rings. The van der Waals surface area contributed by atoms with Gasteiger partial charge in [0.25, 0.3) is 5.91 Å². The number of halogens is 2. The number of aromatic nitrogens is 1. The number of carbonyl (C=O) groups excluding carboxylic acids is 1. The molecule has 0 aliphatic carbocycles. The number of hydrogen-bond donors (Lipinski definition) is 1. The number of pyridine rings is 1. The Hall–Kier alpha value is -1.72. The van der Waals surface area contributed by atoms with Crippen LogP contribution in [0.1, 0.15) is 10.4 Å². The van der Waals surface area contributed by atoms with E-state index in [-0.39, 0.29) is 5.91 Å². The average Bonchev–Trinajstić information content (AvgIpc) is 2.50. The molecule has 104 valence electrons. The normalized spacial score (nSPS) is 10.6. The van der Waals surface area contributed by atoms with E-state index in [9.17, 15) is 4.79 Å². The lowest BCUT2D eigenvalue weighted by Crippen LogP contribution is -2.12. The van der Waals surface area contributed by atoms with Crippen molar-refractivity contribution in [3.63, 3.8) is 0 Å². The number of rotatable bonds is 2. The maximum atomic E-state index is 12.4. The molecule has 1 aromatic heterocycles. The van der Waals surface area contributed by atoms with Crippen LogP contribution >= 0.6 is 31.9 Å². The summed E-state index contributed by atoms with van der Waals surface area (Å²) in [4.78, 5) is 16.6. The lowest BCUT2D eigenvalue weighted by molar-refractivity contribution is 0.102. The van der Waals surface area contributed by atoms with Gasteiger partial charge in [0.05, 0.1) is 11.3 Å². The summed E-state index contributed by atoms with van der Waals surface area (Å²) in [6.45, 7) is 0. The molecular formula is C16H10Br2N2O. The van der Waals surface area contributed by atoms with Crippen LogP contribution < -0.4 is 5.32 Å². The number of carbonyl (C=O) groups is 1. The topological polar surface area (TPSA) is 42.0 Å². The summed E-state index contributed by atoms with van der Waals surface area (Å²) < 4.78 is 1.61. The van der Waals surface area contributed by atoms with Gasteiger partial charge >= 0.3 is 0 Å². The first kappa shape index (κ1) is 14.2. The van der Waals surface area contributed by atoms with Gasteiger partial charge in [-0.3, -0.25) is 9.78 Å². The molecule has 3 nitrogen and oxygen atoms in total. The standard InChI is InChI=1S/C16H10Br2N2O/c17-11-4-5-14(18)12(8-11)16(21)20-15-3-1-2-10-6-7-19-9-13(10)15/h1-9H,(H,20,21). The zero-order valence-corrected chi connectivity index (χ0v) is 14.0. The lowest BCUT2D eigenvalue weighted by atomic mass is 10.1. The fraction of sp³-hybridized carbons (Fsp3) is 0. The highest BCUT2D eigenvalue weighted by Crippen LogP contribution is 2.25. The van der Waals surface area contributed by atoms with E-state index in [1.807, 2.05) is 36.4 Å². The van der Waals surface area contributed by atoms with E-state index in [2.05, 4.69) is 42.2 Å². The summed E-state index contributed by atoms with van der Waals surface area (Å²) in [5.74, 6) is -0.167. The quantitative estimate of drug-likeness (QED) is 0.650. The fourth-order valence-electron chi connectivity index (χ4n) is 2.08. The number of amides is 1. The van der Waals surface area contributed by atoms with Gasteiger partial charge in [-0.05, 0) is 51.6 Å². The van der Waals surface area contributed by atoms with Gasteiger partial charge in [0.1, 0.15) is 0 Å². The summed E-state index contributed by atoms with van der Waals surface area (Å²) in [6.07, 6.45) is 3.49. The van der Waals surface area contributed by atoms with Gasteiger partial charge in [-0.25, -0.2) is 0 Å². The average molecular weight is 406 g/mol. The number of anilines is 1. The van der Waals surface area contributed by atoms with Crippen molar-refractivity contribution in [1.29, 1.82) is 0 Å². The van der Waals surface area contributed by atoms with E-state index in [0.29, 0.717) is 5.56 Å². The van der Waals surface area contributed by atoms with Crippen molar-refractivity contribution >= 4 is 54.2 Å². The lowest BCUT2D eigenvalue weighted by Gasteiger charge is -2.10. The Morgan fingerprint density at radius 3 is 2.81 bits per heavy atom. The van der Waals surface area contributed by atoms with E-state index in [1.54, 1.807) is 18.5 Å². The van der Waals surface area contributed by atoms with Crippen LogP contribution in [0.3, 0.4) is 0 Å². The molecule has 0 fully saturated rings. The molecule has 0 bridgehead atoms. The summed E-state index contributed by atoms with van der Waals surface area (Å²) in [7, 11) is 0. The van der Waals surface area contributed by atoms with Crippen LogP contribution in [-0.2, 0) is 0 Å². The fourth-order valence-corrected chi connectivity index (χ4v) is 2.87. The van der Waals surface area contributed by atoms with Crippen molar-refractivity contribution < 1.29 is 4.79 Å². The zero-order valence-electron chi connectivity index (χ0n) is 10.8. The van der Waals surface area contributed by atoms with Crippen molar-refractivity contribution in [2.24, 2.45) is 0 Å². The van der Waals surface area contributed by atoms with E-state index < -0.39 is 0 Å². The molecule has 0 spiro atoms.